The molecule has 6 nitrogen and oxygen atoms in total. The lowest BCUT2D eigenvalue weighted by molar-refractivity contribution is -0.694. The molecule has 3 aromatic rings. The van der Waals surface area contributed by atoms with Gasteiger partial charge in [-0.25, -0.2) is 0 Å². The summed E-state index contributed by atoms with van der Waals surface area (Å²) in [5, 5.41) is 16.0. The van der Waals surface area contributed by atoms with E-state index in [0.717, 1.165) is 5.69 Å². The second-order valence-electron chi connectivity index (χ2n) is 4.69. The van der Waals surface area contributed by atoms with E-state index >= 15 is 0 Å². The second-order valence-corrected chi connectivity index (χ2v) is 5.64. The molecule has 0 bridgehead atoms. The summed E-state index contributed by atoms with van der Waals surface area (Å²) in [4.78, 5) is 16.2. The predicted octanol–water partition coefficient (Wildman–Crippen LogP) is 2.12. The lowest BCUT2D eigenvalue weighted by Crippen LogP contribution is -2.35. The van der Waals surface area contributed by atoms with Crippen molar-refractivity contribution in [1.29, 1.82) is 0 Å². The van der Waals surface area contributed by atoms with Crippen molar-refractivity contribution in [2.45, 2.75) is 5.16 Å². The van der Waals surface area contributed by atoms with E-state index in [1.807, 2.05) is 30.3 Å². The Kier molecular flexibility index (Phi) is 4.58. The molecule has 0 aliphatic rings. The predicted molar refractivity (Wildman–Crippen MR) is 87.6 cm³/mol. The SMILES string of the molecule is O=C(CSc1nc[nH][n+]1-c1ccccc1)Nc1ccccc1O. The first kappa shape index (κ1) is 15.1. The summed E-state index contributed by atoms with van der Waals surface area (Å²) >= 11 is 1.31. The van der Waals surface area contributed by atoms with Gasteiger partial charge in [-0.2, -0.15) is 5.10 Å². The van der Waals surface area contributed by atoms with Crippen LogP contribution in [-0.2, 0) is 4.79 Å². The molecule has 0 aliphatic heterocycles. The zero-order valence-electron chi connectivity index (χ0n) is 12.1. The number of hydrogen-bond donors (Lipinski definition) is 3. The first-order valence-electron chi connectivity index (χ1n) is 6.95. The van der Waals surface area contributed by atoms with Crippen LogP contribution in [0.15, 0.2) is 66.1 Å². The van der Waals surface area contributed by atoms with Crippen LogP contribution in [0.2, 0.25) is 0 Å². The van der Waals surface area contributed by atoms with Crippen LogP contribution < -0.4 is 10.00 Å². The van der Waals surface area contributed by atoms with Gasteiger partial charge in [0, 0.05) is 0 Å². The monoisotopic (exact) mass is 327 g/mol. The molecule has 0 atom stereocenters. The van der Waals surface area contributed by atoms with E-state index in [-0.39, 0.29) is 17.4 Å². The number of anilines is 1. The summed E-state index contributed by atoms with van der Waals surface area (Å²) in [7, 11) is 0. The van der Waals surface area contributed by atoms with Gasteiger partial charge in [0.25, 0.3) is 0 Å². The Balaban J connectivity index is 1.64. The van der Waals surface area contributed by atoms with Crippen LogP contribution in [-0.4, -0.2) is 26.8 Å². The molecule has 2 aromatic carbocycles. The van der Waals surface area contributed by atoms with Gasteiger partial charge in [0.2, 0.25) is 12.2 Å². The molecule has 0 saturated carbocycles. The van der Waals surface area contributed by atoms with Crippen molar-refractivity contribution >= 4 is 23.4 Å². The molecule has 1 amide bonds. The summed E-state index contributed by atoms with van der Waals surface area (Å²) in [6.45, 7) is 0. The van der Waals surface area contributed by atoms with Crippen LogP contribution in [0.4, 0.5) is 5.69 Å². The van der Waals surface area contributed by atoms with Gasteiger partial charge in [-0.1, -0.05) is 30.3 Å². The average molecular weight is 327 g/mol. The number of aromatic hydroxyl groups is 1. The Morgan fingerprint density at radius 1 is 1.17 bits per heavy atom. The van der Waals surface area contributed by atoms with Gasteiger partial charge in [0.05, 0.1) is 11.4 Å². The summed E-state index contributed by atoms with van der Waals surface area (Å²) in [6.07, 6.45) is 1.58. The molecule has 116 valence electrons. The van der Waals surface area contributed by atoms with Gasteiger partial charge in [0.1, 0.15) is 5.75 Å². The van der Waals surface area contributed by atoms with Crippen molar-refractivity contribution < 1.29 is 14.6 Å². The molecule has 7 heteroatoms. The van der Waals surface area contributed by atoms with Gasteiger partial charge in [-0.15, -0.1) is 4.68 Å². The van der Waals surface area contributed by atoms with E-state index in [4.69, 9.17) is 0 Å². The third kappa shape index (κ3) is 3.70. The van der Waals surface area contributed by atoms with Crippen molar-refractivity contribution in [1.82, 2.24) is 10.1 Å². The van der Waals surface area contributed by atoms with E-state index in [1.54, 1.807) is 29.2 Å². The second kappa shape index (κ2) is 6.97. The number of nitrogens with zero attached hydrogens (tertiary/aromatic N) is 2. The Hall–Kier alpha value is -2.80. The third-order valence-corrected chi connectivity index (χ3v) is 4.03. The number of phenolic OH excluding ortho intramolecular Hbond substituents is 1. The molecule has 0 radical (unpaired) electrons. The minimum Gasteiger partial charge on any atom is -0.506 e. The van der Waals surface area contributed by atoms with Gasteiger partial charge < -0.3 is 10.4 Å². The number of nitrogens with one attached hydrogen (secondary N) is 2. The van der Waals surface area contributed by atoms with Crippen molar-refractivity contribution in [2.75, 3.05) is 11.1 Å². The molecule has 0 fully saturated rings. The summed E-state index contributed by atoms with van der Waals surface area (Å²) in [5.74, 6) is 0.0236. The summed E-state index contributed by atoms with van der Waals surface area (Å²) in [6, 6.07) is 16.3. The van der Waals surface area contributed by atoms with Gasteiger partial charge in [-0.3, -0.25) is 4.79 Å². The largest absolute Gasteiger partial charge is 0.506 e. The fourth-order valence-electron chi connectivity index (χ4n) is 2.01. The highest BCUT2D eigenvalue weighted by molar-refractivity contribution is 7.99. The van der Waals surface area contributed by atoms with E-state index < -0.39 is 0 Å². The highest BCUT2D eigenvalue weighted by Crippen LogP contribution is 2.22. The van der Waals surface area contributed by atoms with E-state index in [0.29, 0.717) is 10.8 Å². The number of hydrogen-bond acceptors (Lipinski definition) is 4. The van der Waals surface area contributed by atoms with Gasteiger partial charge in [0.15, 0.2) is 5.69 Å². The number of benzene rings is 2. The molecule has 0 unspecified atom stereocenters. The third-order valence-electron chi connectivity index (χ3n) is 3.08. The number of H-pyrrole nitrogens is 1. The molecular weight excluding hydrogens is 312 g/mol. The number of amides is 1. The highest BCUT2D eigenvalue weighted by atomic mass is 32.2. The Morgan fingerprint density at radius 2 is 1.91 bits per heavy atom. The van der Waals surface area contributed by atoms with Gasteiger partial charge >= 0.3 is 5.16 Å². The maximum Gasteiger partial charge on any atom is 0.385 e. The normalized spacial score (nSPS) is 10.4. The van der Waals surface area contributed by atoms with E-state index in [9.17, 15) is 9.90 Å². The Morgan fingerprint density at radius 3 is 2.70 bits per heavy atom. The molecule has 3 rings (SSSR count). The number of thioether (sulfide) groups is 1. The number of carbonyl (C=O) groups excluding carboxylic acids is 1. The summed E-state index contributed by atoms with van der Waals surface area (Å²) < 4.78 is 1.80. The minimum absolute atomic E-state index is 0.0463. The van der Waals surface area contributed by atoms with Crippen LogP contribution >= 0.6 is 11.8 Å². The molecule has 0 spiro atoms. The maximum atomic E-state index is 12.0. The first-order chi connectivity index (χ1) is 11.2. The number of aromatic amines is 1. The standard InChI is InChI=1S/C16H14N4O2S/c21-14-9-5-4-8-13(14)19-15(22)10-23-16-17-11-18-20(16)12-6-2-1-3-7-12/h1-9,11H,10H2,(H2,19,21,22)/p+1. The lowest BCUT2D eigenvalue weighted by atomic mass is 10.3. The van der Waals surface area contributed by atoms with Crippen molar-refractivity contribution in [2.24, 2.45) is 0 Å². The molecule has 0 aliphatic carbocycles. The van der Waals surface area contributed by atoms with Crippen LogP contribution in [0.25, 0.3) is 5.69 Å². The number of aromatic nitrogens is 3. The topological polar surface area (TPSA) is 81.9 Å². The maximum absolute atomic E-state index is 12.0. The molecule has 3 N–H and O–H groups in total. The Labute approximate surface area is 137 Å². The fraction of sp³-hybridized carbons (Fsp3) is 0.0625. The smallest absolute Gasteiger partial charge is 0.385 e. The van der Waals surface area contributed by atoms with Gasteiger partial charge in [-0.05, 0) is 41.0 Å². The molecule has 1 heterocycles. The molecular formula is C16H15N4O2S+. The van der Waals surface area contributed by atoms with Crippen molar-refractivity contribution in [3.8, 4) is 11.4 Å². The van der Waals surface area contributed by atoms with Crippen molar-refractivity contribution in [3.05, 3.63) is 60.9 Å². The Bertz CT molecular complexity index is 805. The number of phenols is 1. The fourth-order valence-corrected chi connectivity index (χ4v) is 2.76. The zero-order valence-corrected chi connectivity index (χ0v) is 13.0. The molecule has 1 aromatic heterocycles. The van der Waals surface area contributed by atoms with Crippen LogP contribution in [0.3, 0.4) is 0 Å². The van der Waals surface area contributed by atoms with E-state index in [1.165, 1.54) is 17.8 Å². The average Bonchev–Trinajstić information content (AvgIpc) is 3.04. The highest BCUT2D eigenvalue weighted by Gasteiger charge is 2.18. The molecule has 23 heavy (non-hydrogen) atoms. The summed E-state index contributed by atoms with van der Waals surface area (Å²) in [5.41, 5.74) is 1.34. The van der Waals surface area contributed by atoms with Crippen LogP contribution in [0.1, 0.15) is 0 Å². The zero-order chi connectivity index (χ0) is 16.1. The number of rotatable bonds is 5. The minimum atomic E-state index is -0.209. The van der Waals surface area contributed by atoms with E-state index in [2.05, 4.69) is 15.4 Å². The van der Waals surface area contributed by atoms with Crippen LogP contribution in [0, 0.1) is 0 Å². The first-order valence-corrected chi connectivity index (χ1v) is 7.94. The molecule has 0 saturated heterocycles. The number of carbonyl (C=O) groups is 1. The number of para-hydroxylation sites is 3. The quantitative estimate of drug-likeness (QED) is 0.381. The lowest BCUT2D eigenvalue weighted by Gasteiger charge is -2.05. The van der Waals surface area contributed by atoms with Crippen LogP contribution in [0.5, 0.6) is 5.75 Å². The van der Waals surface area contributed by atoms with Crippen molar-refractivity contribution in [3.63, 3.8) is 0 Å².